The molecular formula is C16H18N2O2. The van der Waals surface area contributed by atoms with Crippen LogP contribution in [0.25, 0.3) is 11.0 Å². The maximum atomic E-state index is 12.4. The number of carbonyl (C=O) groups excluding carboxylic acids is 1. The minimum Gasteiger partial charge on any atom is -0.356 e. The SMILES string of the molecule is CC1=C(C)CN(C(=O)Cc2noc3ccccc23)CC1. The maximum absolute atomic E-state index is 12.4. The number of aromatic nitrogens is 1. The van der Waals surface area contributed by atoms with E-state index in [1.807, 2.05) is 29.2 Å². The number of hydrogen-bond donors (Lipinski definition) is 0. The van der Waals surface area contributed by atoms with Gasteiger partial charge in [0.2, 0.25) is 5.91 Å². The van der Waals surface area contributed by atoms with Crippen molar-refractivity contribution >= 4 is 16.9 Å². The largest absolute Gasteiger partial charge is 0.356 e. The van der Waals surface area contributed by atoms with Crippen molar-refractivity contribution in [3.05, 3.63) is 41.1 Å². The van der Waals surface area contributed by atoms with E-state index in [2.05, 4.69) is 19.0 Å². The van der Waals surface area contributed by atoms with Crippen molar-refractivity contribution in [3.63, 3.8) is 0 Å². The van der Waals surface area contributed by atoms with Crippen molar-refractivity contribution in [3.8, 4) is 0 Å². The van der Waals surface area contributed by atoms with Crippen LogP contribution >= 0.6 is 0 Å². The third-order valence-electron chi connectivity index (χ3n) is 4.04. The van der Waals surface area contributed by atoms with E-state index in [1.165, 1.54) is 11.1 Å². The summed E-state index contributed by atoms with van der Waals surface area (Å²) in [6.07, 6.45) is 1.28. The molecule has 2 aromatic rings. The summed E-state index contributed by atoms with van der Waals surface area (Å²) in [4.78, 5) is 14.3. The van der Waals surface area contributed by atoms with Crippen LogP contribution in [0, 0.1) is 0 Å². The van der Waals surface area contributed by atoms with E-state index in [-0.39, 0.29) is 5.91 Å². The predicted molar refractivity (Wildman–Crippen MR) is 77.3 cm³/mol. The average Bonchev–Trinajstić information content (AvgIpc) is 2.85. The topological polar surface area (TPSA) is 46.3 Å². The van der Waals surface area contributed by atoms with Crippen LogP contribution < -0.4 is 0 Å². The molecule has 0 atom stereocenters. The van der Waals surface area contributed by atoms with Crippen molar-refractivity contribution < 1.29 is 9.32 Å². The molecule has 1 aromatic carbocycles. The molecule has 0 aliphatic carbocycles. The van der Waals surface area contributed by atoms with Crippen LogP contribution in [0.4, 0.5) is 0 Å². The number of para-hydroxylation sites is 1. The van der Waals surface area contributed by atoms with Gasteiger partial charge < -0.3 is 9.42 Å². The number of hydrogen-bond acceptors (Lipinski definition) is 3. The second kappa shape index (κ2) is 5.12. The smallest absolute Gasteiger partial charge is 0.229 e. The molecule has 0 unspecified atom stereocenters. The van der Waals surface area contributed by atoms with Gasteiger partial charge in [0.1, 0.15) is 5.69 Å². The second-order valence-corrected chi connectivity index (χ2v) is 5.43. The summed E-state index contributed by atoms with van der Waals surface area (Å²) in [7, 11) is 0. The average molecular weight is 270 g/mol. The van der Waals surface area contributed by atoms with Gasteiger partial charge in [-0.2, -0.15) is 0 Å². The number of rotatable bonds is 2. The Morgan fingerprint density at radius 3 is 2.90 bits per heavy atom. The molecule has 3 rings (SSSR count). The Balaban J connectivity index is 1.77. The summed E-state index contributed by atoms with van der Waals surface area (Å²) < 4.78 is 5.25. The normalized spacial score (nSPS) is 16.0. The fourth-order valence-electron chi connectivity index (χ4n) is 2.55. The van der Waals surface area contributed by atoms with E-state index in [1.54, 1.807) is 0 Å². The minimum atomic E-state index is 0.121. The first-order chi connectivity index (χ1) is 9.65. The zero-order chi connectivity index (χ0) is 14.1. The van der Waals surface area contributed by atoms with Crippen molar-refractivity contribution in [2.24, 2.45) is 0 Å². The molecule has 1 amide bonds. The third kappa shape index (κ3) is 2.33. The molecule has 0 N–H and O–H groups in total. The zero-order valence-electron chi connectivity index (χ0n) is 11.8. The summed E-state index contributed by atoms with van der Waals surface area (Å²) >= 11 is 0. The Hall–Kier alpha value is -2.10. The number of carbonyl (C=O) groups is 1. The van der Waals surface area contributed by atoms with Crippen molar-refractivity contribution in [1.29, 1.82) is 0 Å². The molecule has 20 heavy (non-hydrogen) atoms. The first-order valence-electron chi connectivity index (χ1n) is 6.91. The van der Waals surface area contributed by atoms with Crippen LogP contribution in [0.2, 0.25) is 0 Å². The van der Waals surface area contributed by atoms with Crippen molar-refractivity contribution in [2.75, 3.05) is 13.1 Å². The Morgan fingerprint density at radius 1 is 1.30 bits per heavy atom. The van der Waals surface area contributed by atoms with Gasteiger partial charge in [-0.25, -0.2) is 0 Å². The Kier molecular flexibility index (Phi) is 3.30. The molecule has 2 heterocycles. The molecule has 0 fully saturated rings. The van der Waals surface area contributed by atoms with Crippen LogP contribution in [0.15, 0.2) is 39.9 Å². The fraction of sp³-hybridized carbons (Fsp3) is 0.375. The van der Waals surface area contributed by atoms with Crippen LogP contribution in [0.5, 0.6) is 0 Å². The lowest BCUT2D eigenvalue weighted by Crippen LogP contribution is -2.37. The van der Waals surface area contributed by atoms with E-state index in [0.29, 0.717) is 6.42 Å². The number of benzene rings is 1. The van der Waals surface area contributed by atoms with E-state index >= 15 is 0 Å². The van der Waals surface area contributed by atoms with E-state index in [9.17, 15) is 4.79 Å². The molecule has 104 valence electrons. The van der Waals surface area contributed by atoms with Gasteiger partial charge in [-0.3, -0.25) is 4.79 Å². The van der Waals surface area contributed by atoms with Gasteiger partial charge in [-0.1, -0.05) is 28.4 Å². The predicted octanol–water partition coefficient (Wildman–Crippen LogP) is 2.94. The Bertz CT molecular complexity index is 685. The second-order valence-electron chi connectivity index (χ2n) is 5.43. The molecule has 0 radical (unpaired) electrons. The van der Waals surface area contributed by atoms with Crippen LogP contribution in [0.1, 0.15) is 26.0 Å². The molecule has 1 aliphatic rings. The molecule has 1 aliphatic heterocycles. The molecule has 4 heteroatoms. The van der Waals surface area contributed by atoms with Gasteiger partial charge >= 0.3 is 0 Å². The highest BCUT2D eigenvalue weighted by molar-refractivity contribution is 5.86. The summed E-state index contributed by atoms with van der Waals surface area (Å²) in [5.41, 5.74) is 4.17. The van der Waals surface area contributed by atoms with Gasteiger partial charge in [0.05, 0.1) is 6.42 Å². The lowest BCUT2D eigenvalue weighted by Gasteiger charge is -2.28. The number of amides is 1. The highest BCUT2D eigenvalue weighted by Gasteiger charge is 2.21. The van der Waals surface area contributed by atoms with E-state index < -0.39 is 0 Å². The Labute approximate surface area is 118 Å². The highest BCUT2D eigenvalue weighted by Crippen LogP contribution is 2.21. The monoisotopic (exact) mass is 270 g/mol. The first-order valence-corrected chi connectivity index (χ1v) is 6.91. The van der Waals surface area contributed by atoms with E-state index in [4.69, 9.17) is 4.52 Å². The van der Waals surface area contributed by atoms with Gasteiger partial charge in [0, 0.05) is 18.5 Å². The highest BCUT2D eigenvalue weighted by atomic mass is 16.5. The minimum absolute atomic E-state index is 0.121. The summed E-state index contributed by atoms with van der Waals surface area (Å²) in [5.74, 6) is 0.121. The summed E-state index contributed by atoms with van der Waals surface area (Å²) in [5, 5.41) is 4.96. The van der Waals surface area contributed by atoms with Gasteiger partial charge in [0.25, 0.3) is 0 Å². The lowest BCUT2D eigenvalue weighted by atomic mass is 10.0. The quantitative estimate of drug-likeness (QED) is 0.788. The summed E-state index contributed by atoms with van der Waals surface area (Å²) in [6, 6.07) is 7.65. The number of fused-ring (bicyclic) bond motifs is 1. The molecule has 0 saturated carbocycles. The van der Waals surface area contributed by atoms with Crippen LogP contribution in [-0.2, 0) is 11.2 Å². The van der Waals surface area contributed by atoms with Crippen LogP contribution in [0.3, 0.4) is 0 Å². The van der Waals surface area contributed by atoms with Crippen molar-refractivity contribution in [2.45, 2.75) is 26.7 Å². The molecule has 0 spiro atoms. The van der Waals surface area contributed by atoms with Crippen molar-refractivity contribution in [1.82, 2.24) is 10.1 Å². The first kappa shape index (κ1) is 12.9. The lowest BCUT2D eigenvalue weighted by molar-refractivity contribution is -0.130. The molecule has 1 aromatic heterocycles. The molecule has 0 bridgehead atoms. The van der Waals surface area contributed by atoms with E-state index in [0.717, 1.165) is 36.2 Å². The zero-order valence-corrected chi connectivity index (χ0v) is 11.8. The fourth-order valence-corrected chi connectivity index (χ4v) is 2.55. The molecular weight excluding hydrogens is 252 g/mol. The summed E-state index contributed by atoms with van der Waals surface area (Å²) in [6.45, 7) is 5.78. The molecule has 0 saturated heterocycles. The third-order valence-corrected chi connectivity index (χ3v) is 4.04. The Morgan fingerprint density at radius 2 is 2.10 bits per heavy atom. The maximum Gasteiger partial charge on any atom is 0.229 e. The standard InChI is InChI=1S/C16H18N2O2/c1-11-7-8-18(10-12(11)2)16(19)9-14-13-5-3-4-6-15(13)20-17-14/h3-6H,7-10H2,1-2H3. The van der Waals surface area contributed by atoms with Crippen LogP contribution in [-0.4, -0.2) is 29.1 Å². The van der Waals surface area contributed by atoms with Gasteiger partial charge in [-0.15, -0.1) is 0 Å². The molecule has 4 nitrogen and oxygen atoms in total. The van der Waals surface area contributed by atoms with Gasteiger partial charge in [0.15, 0.2) is 5.58 Å². The number of nitrogens with zero attached hydrogens (tertiary/aromatic N) is 2. The van der Waals surface area contributed by atoms with Gasteiger partial charge in [-0.05, 0) is 32.4 Å².